The molecule has 1 saturated heterocycles. The van der Waals surface area contributed by atoms with Gasteiger partial charge in [-0.2, -0.15) is 0 Å². The molecule has 1 aromatic rings. The van der Waals surface area contributed by atoms with E-state index in [2.05, 4.69) is 23.7 Å². The van der Waals surface area contributed by atoms with Crippen molar-refractivity contribution in [1.29, 1.82) is 0 Å². The van der Waals surface area contributed by atoms with Gasteiger partial charge in [-0.05, 0) is 37.3 Å². The largest absolute Gasteiger partial charge is 0.356 e. The van der Waals surface area contributed by atoms with Crippen molar-refractivity contribution < 1.29 is 4.79 Å². The maximum Gasteiger partial charge on any atom is 0.163 e. The first kappa shape index (κ1) is 12.1. The summed E-state index contributed by atoms with van der Waals surface area (Å²) in [5.74, 6) is 2.38. The van der Waals surface area contributed by atoms with Crippen LogP contribution in [0.2, 0.25) is 0 Å². The molecular formula is C14H20N2O. The number of ketones is 1. The second-order valence-electron chi connectivity index (χ2n) is 5.17. The molecule has 1 unspecified atom stereocenters. The first-order valence-corrected chi connectivity index (χ1v) is 6.30. The van der Waals surface area contributed by atoms with Gasteiger partial charge in [0.1, 0.15) is 5.82 Å². The second-order valence-corrected chi connectivity index (χ2v) is 5.17. The van der Waals surface area contributed by atoms with Crippen LogP contribution in [0.4, 0.5) is 5.82 Å². The van der Waals surface area contributed by atoms with Gasteiger partial charge in [0, 0.05) is 19.3 Å². The average Bonchev–Trinajstić information content (AvgIpc) is 2.78. The molecule has 1 aliphatic rings. The highest BCUT2D eigenvalue weighted by molar-refractivity contribution is 5.98. The van der Waals surface area contributed by atoms with Crippen LogP contribution in [0.15, 0.2) is 18.3 Å². The van der Waals surface area contributed by atoms with Crippen LogP contribution in [0, 0.1) is 11.8 Å². The zero-order valence-corrected chi connectivity index (χ0v) is 10.8. The molecular weight excluding hydrogens is 212 g/mol. The van der Waals surface area contributed by atoms with Gasteiger partial charge in [-0.25, -0.2) is 4.98 Å². The quantitative estimate of drug-likeness (QED) is 0.751. The van der Waals surface area contributed by atoms with E-state index < -0.39 is 0 Å². The number of carbonyl (C=O) groups is 1. The van der Waals surface area contributed by atoms with Crippen LogP contribution in [-0.4, -0.2) is 23.9 Å². The monoisotopic (exact) mass is 232 g/mol. The Morgan fingerprint density at radius 1 is 1.53 bits per heavy atom. The summed E-state index contributed by atoms with van der Waals surface area (Å²) in [6.45, 7) is 8.17. The lowest BCUT2D eigenvalue weighted by molar-refractivity contribution is 0.101. The van der Waals surface area contributed by atoms with Gasteiger partial charge in [0.15, 0.2) is 5.78 Å². The average molecular weight is 232 g/mol. The van der Waals surface area contributed by atoms with Gasteiger partial charge in [0.05, 0.1) is 5.56 Å². The fourth-order valence-corrected chi connectivity index (χ4v) is 2.45. The molecule has 2 heterocycles. The molecule has 2 rings (SSSR count). The van der Waals surface area contributed by atoms with E-state index in [-0.39, 0.29) is 5.78 Å². The number of anilines is 1. The van der Waals surface area contributed by atoms with Crippen molar-refractivity contribution in [3.63, 3.8) is 0 Å². The van der Waals surface area contributed by atoms with E-state index in [1.54, 1.807) is 13.1 Å². The molecule has 1 aromatic heterocycles. The van der Waals surface area contributed by atoms with E-state index >= 15 is 0 Å². The van der Waals surface area contributed by atoms with E-state index in [9.17, 15) is 4.79 Å². The van der Waals surface area contributed by atoms with Crippen molar-refractivity contribution in [3.05, 3.63) is 23.9 Å². The van der Waals surface area contributed by atoms with E-state index in [1.165, 1.54) is 6.42 Å². The first-order chi connectivity index (χ1) is 8.09. The number of hydrogen-bond donors (Lipinski definition) is 0. The van der Waals surface area contributed by atoms with Crippen molar-refractivity contribution >= 4 is 11.6 Å². The molecule has 0 radical (unpaired) electrons. The summed E-state index contributed by atoms with van der Waals surface area (Å²) in [7, 11) is 0. The summed E-state index contributed by atoms with van der Waals surface area (Å²) in [5, 5.41) is 0. The third-order valence-electron chi connectivity index (χ3n) is 3.63. The van der Waals surface area contributed by atoms with Gasteiger partial charge in [0.25, 0.3) is 0 Å². The fraction of sp³-hybridized carbons (Fsp3) is 0.571. The fourth-order valence-electron chi connectivity index (χ4n) is 2.45. The number of nitrogens with zero attached hydrogens (tertiary/aromatic N) is 2. The highest BCUT2D eigenvalue weighted by atomic mass is 16.1. The number of hydrogen-bond acceptors (Lipinski definition) is 3. The third-order valence-corrected chi connectivity index (χ3v) is 3.63. The third kappa shape index (κ3) is 2.48. The number of carbonyl (C=O) groups excluding carboxylic acids is 1. The minimum atomic E-state index is 0.0982. The molecule has 0 N–H and O–H groups in total. The van der Waals surface area contributed by atoms with Gasteiger partial charge < -0.3 is 4.90 Å². The molecule has 1 aliphatic heterocycles. The van der Waals surface area contributed by atoms with Crippen LogP contribution in [0.5, 0.6) is 0 Å². The van der Waals surface area contributed by atoms with Gasteiger partial charge in [-0.3, -0.25) is 4.79 Å². The van der Waals surface area contributed by atoms with Gasteiger partial charge in [0.2, 0.25) is 0 Å². The topological polar surface area (TPSA) is 33.2 Å². The molecule has 3 heteroatoms. The minimum absolute atomic E-state index is 0.0982. The van der Waals surface area contributed by atoms with Gasteiger partial charge >= 0.3 is 0 Å². The van der Waals surface area contributed by atoms with Crippen LogP contribution >= 0.6 is 0 Å². The van der Waals surface area contributed by atoms with Crippen LogP contribution in [0.1, 0.15) is 37.6 Å². The summed E-state index contributed by atoms with van der Waals surface area (Å²) in [5.41, 5.74) is 0.747. The predicted molar refractivity (Wildman–Crippen MR) is 69.4 cm³/mol. The lowest BCUT2D eigenvalue weighted by Gasteiger charge is -2.20. The minimum Gasteiger partial charge on any atom is -0.356 e. The van der Waals surface area contributed by atoms with E-state index in [0.29, 0.717) is 5.92 Å². The van der Waals surface area contributed by atoms with E-state index in [0.717, 1.165) is 30.4 Å². The van der Waals surface area contributed by atoms with Crippen molar-refractivity contribution in [2.45, 2.75) is 27.2 Å². The van der Waals surface area contributed by atoms with Gasteiger partial charge in [-0.1, -0.05) is 13.8 Å². The molecule has 1 atom stereocenters. The van der Waals surface area contributed by atoms with Crippen molar-refractivity contribution in [2.24, 2.45) is 11.8 Å². The predicted octanol–water partition coefficient (Wildman–Crippen LogP) is 2.77. The van der Waals surface area contributed by atoms with Crippen molar-refractivity contribution in [1.82, 2.24) is 4.98 Å². The Bertz CT molecular complexity index is 414. The number of aromatic nitrogens is 1. The standard InChI is InChI=1S/C14H20N2O/c1-10(2)12-6-8-16(9-12)14-13(11(3)17)5-4-7-15-14/h4-5,7,10,12H,6,8-9H2,1-3H3. The lowest BCUT2D eigenvalue weighted by Crippen LogP contribution is -2.24. The molecule has 0 aliphatic carbocycles. The van der Waals surface area contributed by atoms with Crippen LogP contribution in [0.3, 0.4) is 0 Å². The Kier molecular flexibility index (Phi) is 3.46. The van der Waals surface area contributed by atoms with Crippen LogP contribution in [-0.2, 0) is 0 Å². The zero-order valence-electron chi connectivity index (χ0n) is 10.8. The molecule has 0 aromatic carbocycles. The molecule has 0 amide bonds. The molecule has 0 saturated carbocycles. The van der Waals surface area contributed by atoms with Gasteiger partial charge in [-0.15, -0.1) is 0 Å². The van der Waals surface area contributed by atoms with E-state index in [1.807, 2.05) is 12.1 Å². The Labute approximate surface area is 103 Å². The maximum atomic E-state index is 11.6. The normalized spacial score (nSPS) is 20.0. The van der Waals surface area contributed by atoms with Crippen LogP contribution in [0.25, 0.3) is 0 Å². The van der Waals surface area contributed by atoms with E-state index in [4.69, 9.17) is 0 Å². The molecule has 17 heavy (non-hydrogen) atoms. The summed E-state index contributed by atoms with van der Waals surface area (Å²) >= 11 is 0. The van der Waals surface area contributed by atoms with Crippen molar-refractivity contribution in [3.8, 4) is 0 Å². The summed E-state index contributed by atoms with van der Waals surface area (Å²) in [6.07, 6.45) is 2.97. The lowest BCUT2D eigenvalue weighted by atomic mass is 9.95. The number of pyridine rings is 1. The highest BCUT2D eigenvalue weighted by Crippen LogP contribution is 2.28. The maximum absolute atomic E-state index is 11.6. The Balaban J connectivity index is 2.21. The molecule has 0 bridgehead atoms. The molecule has 92 valence electrons. The molecule has 0 spiro atoms. The summed E-state index contributed by atoms with van der Waals surface area (Å²) < 4.78 is 0. The summed E-state index contributed by atoms with van der Waals surface area (Å²) in [4.78, 5) is 18.2. The highest BCUT2D eigenvalue weighted by Gasteiger charge is 2.27. The summed E-state index contributed by atoms with van der Waals surface area (Å²) in [6, 6.07) is 3.70. The molecule has 1 fully saturated rings. The Morgan fingerprint density at radius 3 is 2.88 bits per heavy atom. The smallest absolute Gasteiger partial charge is 0.163 e. The van der Waals surface area contributed by atoms with Crippen molar-refractivity contribution in [2.75, 3.05) is 18.0 Å². The SMILES string of the molecule is CC(=O)c1cccnc1N1CCC(C(C)C)C1. The zero-order chi connectivity index (χ0) is 12.4. The Hall–Kier alpha value is -1.38. The second kappa shape index (κ2) is 4.86. The molecule has 3 nitrogen and oxygen atoms in total. The van der Waals surface area contributed by atoms with Crippen LogP contribution < -0.4 is 4.90 Å². The first-order valence-electron chi connectivity index (χ1n) is 6.30. The number of rotatable bonds is 3. The number of Topliss-reactive ketones (excluding diaryl/α,β-unsaturated/α-hetero) is 1. The Morgan fingerprint density at radius 2 is 2.29 bits per heavy atom.